The van der Waals surface area contributed by atoms with Crippen molar-refractivity contribution in [1.82, 2.24) is 4.90 Å². The monoisotopic (exact) mass is 258 g/mol. The van der Waals surface area contributed by atoms with Gasteiger partial charge in [-0.15, -0.1) is 0 Å². The summed E-state index contributed by atoms with van der Waals surface area (Å²) in [6.07, 6.45) is 2.16. The first kappa shape index (κ1) is 17.4. The molecule has 1 atom stereocenters. The fraction of sp³-hybridized carbons (Fsp3) is 0.929. The van der Waals surface area contributed by atoms with Gasteiger partial charge in [0.1, 0.15) is 0 Å². The molecule has 4 nitrogen and oxygen atoms in total. The first-order valence-electron chi connectivity index (χ1n) is 7.02. The Morgan fingerprint density at radius 1 is 1.28 bits per heavy atom. The number of amides is 1. The molecule has 0 aliphatic carbocycles. The molecule has 0 aromatic heterocycles. The first-order chi connectivity index (χ1) is 8.42. The lowest BCUT2D eigenvalue weighted by Gasteiger charge is -2.28. The molecule has 108 valence electrons. The SMILES string of the molecule is CC(C)C[C@H](CN)CC(=O)N(CCCO)C(C)C. The lowest BCUT2D eigenvalue weighted by Crippen LogP contribution is -2.39. The van der Waals surface area contributed by atoms with Crippen molar-refractivity contribution < 1.29 is 9.90 Å². The first-order valence-corrected chi connectivity index (χ1v) is 7.02. The largest absolute Gasteiger partial charge is 0.396 e. The number of carbonyl (C=O) groups excluding carboxylic acids is 1. The summed E-state index contributed by atoms with van der Waals surface area (Å²) in [5.41, 5.74) is 5.73. The molecule has 18 heavy (non-hydrogen) atoms. The second kappa shape index (κ2) is 9.34. The van der Waals surface area contributed by atoms with Crippen molar-refractivity contribution in [3.05, 3.63) is 0 Å². The zero-order valence-corrected chi connectivity index (χ0v) is 12.4. The van der Waals surface area contributed by atoms with Crippen LogP contribution in [0.1, 0.15) is 47.0 Å². The van der Waals surface area contributed by atoms with Crippen molar-refractivity contribution >= 4 is 5.91 Å². The summed E-state index contributed by atoms with van der Waals surface area (Å²) in [6.45, 7) is 9.65. The molecule has 0 unspecified atom stereocenters. The molecular formula is C14H30N2O2. The van der Waals surface area contributed by atoms with E-state index in [1.807, 2.05) is 18.7 Å². The third-order valence-electron chi connectivity index (χ3n) is 3.10. The van der Waals surface area contributed by atoms with Gasteiger partial charge < -0.3 is 15.7 Å². The summed E-state index contributed by atoms with van der Waals surface area (Å²) in [7, 11) is 0. The number of rotatable bonds is 9. The third-order valence-corrected chi connectivity index (χ3v) is 3.10. The summed E-state index contributed by atoms with van der Waals surface area (Å²) >= 11 is 0. The van der Waals surface area contributed by atoms with Crippen LogP contribution < -0.4 is 5.73 Å². The summed E-state index contributed by atoms with van der Waals surface area (Å²) < 4.78 is 0. The van der Waals surface area contributed by atoms with Crippen molar-refractivity contribution in [2.75, 3.05) is 19.7 Å². The fourth-order valence-corrected chi connectivity index (χ4v) is 2.21. The molecule has 4 heteroatoms. The number of aliphatic hydroxyl groups excluding tert-OH is 1. The van der Waals surface area contributed by atoms with Crippen LogP contribution in [0.5, 0.6) is 0 Å². The molecular weight excluding hydrogens is 228 g/mol. The van der Waals surface area contributed by atoms with Gasteiger partial charge in [-0.25, -0.2) is 0 Å². The van der Waals surface area contributed by atoms with E-state index >= 15 is 0 Å². The maximum absolute atomic E-state index is 12.2. The Morgan fingerprint density at radius 3 is 2.28 bits per heavy atom. The summed E-state index contributed by atoms with van der Waals surface area (Å²) in [5, 5.41) is 8.87. The molecule has 0 saturated carbocycles. The van der Waals surface area contributed by atoms with Gasteiger partial charge in [0.2, 0.25) is 5.91 Å². The van der Waals surface area contributed by atoms with Crippen molar-refractivity contribution in [3.63, 3.8) is 0 Å². The van der Waals surface area contributed by atoms with Crippen LogP contribution in [-0.2, 0) is 4.79 Å². The predicted molar refractivity (Wildman–Crippen MR) is 75.2 cm³/mol. The minimum atomic E-state index is 0.128. The smallest absolute Gasteiger partial charge is 0.223 e. The molecule has 0 radical (unpaired) electrons. The summed E-state index contributed by atoms with van der Waals surface area (Å²) in [6, 6.07) is 0.182. The summed E-state index contributed by atoms with van der Waals surface area (Å²) in [4.78, 5) is 14.1. The normalized spacial score (nSPS) is 13.1. The van der Waals surface area contributed by atoms with E-state index in [2.05, 4.69) is 13.8 Å². The molecule has 0 fully saturated rings. The quantitative estimate of drug-likeness (QED) is 0.660. The van der Waals surface area contributed by atoms with Gasteiger partial charge in [-0.2, -0.15) is 0 Å². The zero-order chi connectivity index (χ0) is 14.1. The van der Waals surface area contributed by atoms with E-state index in [4.69, 9.17) is 10.8 Å². The number of nitrogens with two attached hydrogens (primary N) is 1. The molecule has 0 bridgehead atoms. The molecule has 0 saturated heterocycles. The van der Waals surface area contributed by atoms with Crippen LogP contribution in [0.25, 0.3) is 0 Å². The van der Waals surface area contributed by atoms with E-state index in [9.17, 15) is 4.79 Å². The molecule has 0 rings (SSSR count). The highest BCUT2D eigenvalue weighted by atomic mass is 16.3. The van der Waals surface area contributed by atoms with E-state index < -0.39 is 0 Å². The van der Waals surface area contributed by atoms with E-state index in [1.165, 1.54) is 0 Å². The lowest BCUT2D eigenvalue weighted by atomic mass is 9.93. The topological polar surface area (TPSA) is 66.6 Å². The minimum absolute atomic E-state index is 0.128. The Morgan fingerprint density at radius 2 is 1.89 bits per heavy atom. The van der Waals surface area contributed by atoms with Crippen LogP contribution in [0.15, 0.2) is 0 Å². The number of hydrogen-bond acceptors (Lipinski definition) is 3. The Balaban J connectivity index is 4.38. The van der Waals surface area contributed by atoms with Gasteiger partial charge in [-0.1, -0.05) is 13.8 Å². The molecule has 0 aromatic carbocycles. The van der Waals surface area contributed by atoms with E-state index in [0.29, 0.717) is 31.8 Å². The van der Waals surface area contributed by atoms with Crippen LogP contribution in [0.2, 0.25) is 0 Å². The van der Waals surface area contributed by atoms with Crippen LogP contribution >= 0.6 is 0 Å². The fourth-order valence-electron chi connectivity index (χ4n) is 2.21. The Kier molecular flexibility index (Phi) is 9.02. The maximum Gasteiger partial charge on any atom is 0.223 e. The maximum atomic E-state index is 12.2. The molecule has 0 aromatic rings. The average Bonchev–Trinajstić information content (AvgIpc) is 2.27. The molecule has 0 heterocycles. The van der Waals surface area contributed by atoms with Gasteiger partial charge >= 0.3 is 0 Å². The molecule has 0 aliphatic rings. The highest BCUT2D eigenvalue weighted by molar-refractivity contribution is 5.76. The van der Waals surface area contributed by atoms with Crippen molar-refractivity contribution in [2.45, 2.75) is 53.0 Å². The highest BCUT2D eigenvalue weighted by Gasteiger charge is 2.20. The zero-order valence-electron chi connectivity index (χ0n) is 12.4. The van der Waals surface area contributed by atoms with Gasteiger partial charge in [0.15, 0.2) is 0 Å². The van der Waals surface area contributed by atoms with E-state index in [1.54, 1.807) is 0 Å². The van der Waals surface area contributed by atoms with Gasteiger partial charge in [-0.3, -0.25) is 4.79 Å². The predicted octanol–water partition coefficient (Wildman–Crippen LogP) is 1.62. The lowest BCUT2D eigenvalue weighted by molar-refractivity contribution is -0.134. The number of hydrogen-bond donors (Lipinski definition) is 2. The molecule has 0 aliphatic heterocycles. The van der Waals surface area contributed by atoms with Gasteiger partial charge in [0.25, 0.3) is 0 Å². The second-order valence-electron chi connectivity index (χ2n) is 5.69. The second-order valence-corrected chi connectivity index (χ2v) is 5.69. The summed E-state index contributed by atoms with van der Waals surface area (Å²) in [5.74, 6) is 0.999. The van der Waals surface area contributed by atoms with E-state index in [0.717, 1.165) is 6.42 Å². The Labute approximate surface area is 112 Å². The Bertz CT molecular complexity index is 230. The highest BCUT2D eigenvalue weighted by Crippen LogP contribution is 2.16. The van der Waals surface area contributed by atoms with E-state index in [-0.39, 0.29) is 24.5 Å². The van der Waals surface area contributed by atoms with Gasteiger partial charge in [-0.05, 0) is 45.1 Å². The van der Waals surface area contributed by atoms with Crippen LogP contribution in [0.3, 0.4) is 0 Å². The van der Waals surface area contributed by atoms with Crippen LogP contribution in [-0.4, -0.2) is 41.7 Å². The van der Waals surface area contributed by atoms with Crippen LogP contribution in [0, 0.1) is 11.8 Å². The third kappa shape index (κ3) is 6.97. The van der Waals surface area contributed by atoms with Crippen molar-refractivity contribution in [1.29, 1.82) is 0 Å². The average molecular weight is 258 g/mol. The van der Waals surface area contributed by atoms with Crippen molar-refractivity contribution in [2.24, 2.45) is 17.6 Å². The van der Waals surface area contributed by atoms with Crippen molar-refractivity contribution in [3.8, 4) is 0 Å². The molecule has 1 amide bonds. The number of aliphatic hydroxyl groups is 1. The molecule has 3 N–H and O–H groups in total. The standard InChI is InChI=1S/C14H30N2O2/c1-11(2)8-13(10-15)9-14(18)16(12(3)4)6-5-7-17/h11-13,17H,5-10,15H2,1-4H3/t13-/m0/s1. The number of carbonyl (C=O) groups is 1. The van der Waals surface area contributed by atoms with Crippen LogP contribution in [0.4, 0.5) is 0 Å². The van der Waals surface area contributed by atoms with Gasteiger partial charge in [0, 0.05) is 25.6 Å². The van der Waals surface area contributed by atoms with Gasteiger partial charge in [0.05, 0.1) is 0 Å². The molecule has 0 spiro atoms. The minimum Gasteiger partial charge on any atom is -0.396 e. The Hall–Kier alpha value is -0.610. The number of nitrogens with zero attached hydrogens (tertiary/aromatic N) is 1.